The van der Waals surface area contributed by atoms with Gasteiger partial charge in [0.15, 0.2) is 0 Å². The fourth-order valence-corrected chi connectivity index (χ4v) is 3.11. The summed E-state index contributed by atoms with van der Waals surface area (Å²) in [6.45, 7) is 1.03. The minimum Gasteiger partial charge on any atom is -0.311 e. The minimum absolute atomic E-state index is 0.168. The highest BCUT2D eigenvalue weighted by Gasteiger charge is 2.30. The number of hydrogen-bond donors (Lipinski definition) is 1. The standard InChI is InChI=1S/C13H24FN/c14-13(12-9-5-6-10-15-12)11-7-3-1-2-4-8-11/h11-13,15H,1-10H2. The average Bonchev–Trinajstić information content (AvgIpc) is 2.58. The lowest BCUT2D eigenvalue weighted by molar-refractivity contribution is 0.138. The number of nitrogens with one attached hydrogen (secondary N) is 1. The van der Waals surface area contributed by atoms with E-state index in [2.05, 4.69) is 5.32 Å². The Labute approximate surface area is 92.8 Å². The predicted molar refractivity (Wildman–Crippen MR) is 61.7 cm³/mol. The first-order valence-corrected chi connectivity index (χ1v) is 6.75. The van der Waals surface area contributed by atoms with E-state index in [0.717, 1.165) is 25.8 Å². The van der Waals surface area contributed by atoms with Crippen LogP contribution in [0.4, 0.5) is 4.39 Å². The third-order valence-corrected chi connectivity index (χ3v) is 4.08. The molecule has 0 radical (unpaired) electrons. The zero-order chi connectivity index (χ0) is 10.5. The second kappa shape index (κ2) is 5.83. The number of alkyl halides is 1. The van der Waals surface area contributed by atoms with Crippen molar-refractivity contribution in [1.29, 1.82) is 0 Å². The molecule has 15 heavy (non-hydrogen) atoms. The van der Waals surface area contributed by atoms with E-state index < -0.39 is 6.17 Å². The molecule has 1 saturated heterocycles. The Morgan fingerprint density at radius 3 is 2.13 bits per heavy atom. The summed E-state index contributed by atoms with van der Waals surface area (Å²) in [6, 6.07) is 0.168. The molecule has 1 saturated carbocycles. The van der Waals surface area contributed by atoms with Gasteiger partial charge in [-0.05, 0) is 38.1 Å². The Bertz CT molecular complexity index is 169. The third-order valence-electron chi connectivity index (χ3n) is 4.08. The van der Waals surface area contributed by atoms with Crippen LogP contribution < -0.4 is 5.32 Å². The fraction of sp³-hybridized carbons (Fsp3) is 1.00. The Hall–Kier alpha value is -0.110. The normalized spacial score (nSPS) is 32.2. The average molecular weight is 213 g/mol. The molecule has 2 aliphatic rings. The molecular formula is C13H24FN. The summed E-state index contributed by atoms with van der Waals surface area (Å²) in [4.78, 5) is 0. The van der Waals surface area contributed by atoms with Crippen molar-refractivity contribution in [2.24, 2.45) is 5.92 Å². The van der Waals surface area contributed by atoms with Gasteiger partial charge in [0.2, 0.25) is 0 Å². The van der Waals surface area contributed by atoms with Gasteiger partial charge >= 0.3 is 0 Å². The molecule has 2 fully saturated rings. The minimum atomic E-state index is -0.580. The number of rotatable bonds is 2. The first kappa shape index (κ1) is 11.4. The van der Waals surface area contributed by atoms with Gasteiger partial charge in [0, 0.05) is 6.04 Å². The van der Waals surface area contributed by atoms with E-state index >= 15 is 0 Å². The van der Waals surface area contributed by atoms with Crippen LogP contribution in [0, 0.1) is 5.92 Å². The van der Waals surface area contributed by atoms with Gasteiger partial charge in [0.1, 0.15) is 6.17 Å². The van der Waals surface area contributed by atoms with Crippen LogP contribution in [0.25, 0.3) is 0 Å². The maximum absolute atomic E-state index is 14.3. The Kier molecular flexibility index (Phi) is 4.42. The third kappa shape index (κ3) is 3.17. The lowest BCUT2D eigenvalue weighted by Gasteiger charge is -2.31. The monoisotopic (exact) mass is 213 g/mol. The topological polar surface area (TPSA) is 12.0 Å². The van der Waals surface area contributed by atoms with E-state index in [4.69, 9.17) is 0 Å². The lowest BCUT2D eigenvalue weighted by atomic mass is 9.87. The molecule has 1 heterocycles. The maximum Gasteiger partial charge on any atom is 0.118 e. The number of halogens is 1. The first-order chi connectivity index (χ1) is 7.38. The molecule has 2 rings (SSSR count). The highest BCUT2D eigenvalue weighted by Crippen LogP contribution is 2.30. The van der Waals surface area contributed by atoms with Crippen LogP contribution >= 0.6 is 0 Å². The Morgan fingerprint density at radius 2 is 1.53 bits per heavy atom. The molecule has 0 spiro atoms. The number of piperidine rings is 1. The second-order valence-electron chi connectivity index (χ2n) is 5.25. The van der Waals surface area contributed by atoms with Gasteiger partial charge in [-0.25, -0.2) is 4.39 Å². The Morgan fingerprint density at radius 1 is 0.867 bits per heavy atom. The van der Waals surface area contributed by atoms with Crippen LogP contribution in [0.3, 0.4) is 0 Å². The van der Waals surface area contributed by atoms with E-state index in [1.54, 1.807) is 0 Å². The van der Waals surface area contributed by atoms with Crippen LogP contribution in [-0.2, 0) is 0 Å². The quantitative estimate of drug-likeness (QED) is 0.693. The van der Waals surface area contributed by atoms with Gasteiger partial charge in [-0.15, -0.1) is 0 Å². The van der Waals surface area contributed by atoms with Crippen molar-refractivity contribution in [3.63, 3.8) is 0 Å². The van der Waals surface area contributed by atoms with Crippen LogP contribution in [0.2, 0.25) is 0 Å². The van der Waals surface area contributed by atoms with E-state index in [1.165, 1.54) is 38.5 Å². The highest BCUT2D eigenvalue weighted by molar-refractivity contribution is 4.85. The van der Waals surface area contributed by atoms with Crippen molar-refractivity contribution in [3.8, 4) is 0 Å². The maximum atomic E-state index is 14.3. The van der Waals surface area contributed by atoms with E-state index in [1.807, 2.05) is 0 Å². The predicted octanol–water partition coefficient (Wildman–Crippen LogP) is 3.44. The lowest BCUT2D eigenvalue weighted by Crippen LogP contribution is -2.44. The van der Waals surface area contributed by atoms with Crippen LogP contribution in [-0.4, -0.2) is 18.8 Å². The van der Waals surface area contributed by atoms with E-state index in [0.29, 0.717) is 5.92 Å². The zero-order valence-electron chi connectivity index (χ0n) is 9.68. The summed E-state index contributed by atoms with van der Waals surface area (Å²) < 4.78 is 14.3. The molecule has 1 aliphatic heterocycles. The summed E-state index contributed by atoms with van der Waals surface area (Å²) in [5, 5.41) is 3.36. The second-order valence-corrected chi connectivity index (χ2v) is 5.25. The summed E-state index contributed by atoms with van der Waals surface area (Å²) in [5.41, 5.74) is 0. The van der Waals surface area contributed by atoms with Gasteiger partial charge in [0.05, 0.1) is 0 Å². The van der Waals surface area contributed by atoms with Gasteiger partial charge in [-0.2, -0.15) is 0 Å². The van der Waals surface area contributed by atoms with Crippen LogP contribution in [0.5, 0.6) is 0 Å². The molecule has 0 amide bonds. The molecule has 0 aromatic carbocycles. The van der Waals surface area contributed by atoms with Crippen molar-refractivity contribution in [1.82, 2.24) is 5.32 Å². The van der Waals surface area contributed by atoms with Crippen molar-refractivity contribution < 1.29 is 4.39 Å². The van der Waals surface area contributed by atoms with Gasteiger partial charge in [0.25, 0.3) is 0 Å². The van der Waals surface area contributed by atoms with E-state index in [-0.39, 0.29) is 6.04 Å². The van der Waals surface area contributed by atoms with Crippen molar-refractivity contribution in [2.45, 2.75) is 70.0 Å². The Balaban J connectivity index is 1.83. The summed E-state index contributed by atoms with van der Waals surface area (Å²) in [7, 11) is 0. The zero-order valence-corrected chi connectivity index (χ0v) is 9.68. The molecule has 2 heteroatoms. The molecule has 0 aromatic heterocycles. The highest BCUT2D eigenvalue weighted by atomic mass is 19.1. The van der Waals surface area contributed by atoms with Crippen molar-refractivity contribution in [3.05, 3.63) is 0 Å². The van der Waals surface area contributed by atoms with Crippen LogP contribution in [0.15, 0.2) is 0 Å². The number of hydrogen-bond acceptors (Lipinski definition) is 1. The molecule has 1 N–H and O–H groups in total. The van der Waals surface area contributed by atoms with Gasteiger partial charge in [-0.1, -0.05) is 32.1 Å². The molecule has 2 unspecified atom stereocenters. The molecule has 1 nitrogen and oxygen atoms in total. The summed E-state index contributed by atoms with van der Waals surface area (Å²) in [6.07, 6.45) is 10.3. The SMILES string of the molecule is FC(C1CCCCCC1)C1CCCCN1. The molecular weight excluding hydrogens is 189 g/mol. The molecule has 0 aromatic rings. The molecule has 1 aliphatic carbocycles. The largest absolute Gasteiger partial charge is 0.311 e. The van der Waals surface area contributed by atoms with Crippen molar-refractivity contribution in [2.75, 3.05) is 6.54 Å². The summed E-state index contributed by atoms with van der Waals surface area (Å²) >= 11 is 0. The van der Waals surface area contributed by atoms with Crippen LogP contribution in [0.1, 0.15) is 57.8 Å². The fourth-order valence-electron chi connectivity index (χ4n) is 3.11. The van der Waals surface area contributed by atoms with Crippen molar-refractivity contribution >= 4 is 0 Å². The van der Waals surface area contributed by atoms with Gasteiger partial charge < -0.3 is 5.32 Å². The van der Waals surface area contributed by atoms with E-state index in [9.17, 15) is 4.39 Å². The first-order valence-electron chi connectivity index (χ1n) is 6.75. The smallest absolute Gasteiger partial charge is 0.118 e. The molecule has 88 valence electrons. The summed E-state index contributed by atoms with van der Waals surface area (Å²) in [5.74, 6) is 0.350. The van der Waals surface area contributed by atoms with Gasteiger partial charge in [-0.3, -0.25) is 0 Å². The molecule has 2 atom stereocenters. The molecule has 0 bridgehead atoms.